The first-order valence-corrected chi connectivity index (χ1v) is 7.38. The Labute approximate surface area is 120 Å². The zero-order valence-corrected chi connectivity index (χ0v) is 12.3. The van der Waals surface area contributed by atoms with Crippen molar-refractivity contribution in [1.82, 2.24) is 4.90 Å². The first-order chi connectivity index (χ1) is 9.49. The summed E-state index contributed by atoms with van der Waals surface area (Å²) in [4.78, 5) is 2.20. The molecule has 1 aromatic rings. The van der Waals surface area contributed by atoms with Crippen LogP contribution in [0.25, 0.3) is 0 Å². The van der Waals surface area contributed by atoms with Crippen molar-refractivity contribution in [2.75, 3.05) is 13.6 Å². The molecule has 2 N–H and O–H groups in total. The molecule has 1 fully saturated rings. The van der Waals surface area contributed by atoms with E-state index >= 15 is 0 Å². The van der Waals surface area contributed by atoms with Gasteiger partial charge in [0, 0.05) is 24.2 Å². The van der Waals surface area contributed by atoms with Crippen LogP contribution in [0, 0.1) is 17.6 Å². The topological polar surface area (TPSA) is 29.3 Å². The van der Waals surface area contributed by atoms with E-state index < -0.39 is 17.7 Å². The third kappa shape index (κ3) is 3.55. The van der Waals surface area contributed by atoms with Crippen LogP contribution in [-0.2, 0) is 0 Å². The van der Waals surface area contributed by atoms with Crippen LogP contribution in [0.2, 0.25) is 0 Å². The Bertz CT molecular complexity index is 450. The molecule has 0 radical (unpaired) electrons. The van der Waals surface area contributed by atoms with Crippen molar-refractivity contribution < 1.29 is 8.78 Å². The molecule has 1 saturated carbocycles. The van der Waals surface area contributed by atoms with Crippen LogP contribution in [0.15, 0.2) is 18.2 Å². The number of rotatable bonds is 4. The fourth-order valence-corrected chi connectivity index (χ4v) is 3.17. The van der Waals surface area contributed by atoms with Crippen LogP contribution >= 0.6 is 0 Å². The smallest absolute Gasteiger partial charge is 0.163 e. The number of benzene rings is 1. The van der Waals surface area contributed by atoms with Gasteiger partial charge in [0.2, 0.25) is 0 Å². The Kier molecular flexibility index (Phi) is 5.11. The quantitative estimate of drug-likeness (QED) is 0.916. The summed E-state index contributed by atoms with van der Waals surface area (Å²) in [6.07, 6.45) is 4.85. The lowest BCUT2D eigenvalue weighted by Crippen LogP contribution is -2.40. The van der Waals surface area contributed by atoms with Gasteiger partial charge in [-0.25, -0.2) is 8.78 Å². The molecule has 0 bridgehead atoms. The lowest BCUT2D eigenvalue weighted by molar-refractivity contribution is 0.156. The molecule has 1 aliphatic carbocycles. The molecular formula is C16H24F2N2. The maximum absolute atomic E-state index is 13.7. The van der Waals surface area contributed by atoms with Gasteiger partial charge in [-0.2, -0.15) is 0 Å². The third-order valence-electron chi connectivity index (χ3n) is 4.40. The molecule has 3 unspecified atom stereocenters. The Balaban J connectivity index is 1.99. The van der Waals surface area contributed by atoms with Gasteiger partial charge in [0.05, 0.1) is 0 Å². The zero-order chi connectivity index (χ0) is 14.7. The molecule has 112 valence electrons. The molecule has 0 spiro atoms. The van der Waals surface area contributed by atoms with Crippen molar-refractivity contribution in [3.05, 3.63) is 35.4 Å². The predicted molar refractivity (Wildman–Crippen MR) is 77.3 cm³/mol. The molecule has 1 aliphatic rings. The molecule has 2 nitrogen and oxygen atoms in total. The van der Waals surface area contributed by atoms with Crippen molar-refractivity contribution in [1.29, 1.82) is 0 Å². The highest BCUT2D eigenvalue weighted by atomic mass is 19.2. The van der Waals surface area contributed by atoms with Gasteiger partial charge >= 0.3 is 0 Å². The van der Waals surface area contributed by atoms with E-state index in [2.05, 4.69) is 11.8 Å². The van der Waals surface area contributed by atoms with Crippen molar-refractivity contribution in [2.24, 2.45) is 11.7 Å². The summed E-state index contributed by atoms with van der Waals surface area (Å²) in [7, 11) is 2.03. The van der Waals surface area contributed by atoms with Crippen LogP contribution in [0.4, 0.5) is 8.78 Å². The molecule has 4 heteroatoms. The molecular weight excluding hydrogens is 258 g/mol. The molecule has 2 rings (SSSR count). The van der Waals surface area contributed by atoms with Gasteiger partial charge in [0.15, 0.2) is 11.6 Å². The molecule has 0 aliphatic heterocycles. The van der Waals surface area contributed by atoms with E-state index in [4.69, 9.17) is 5.73 Å². The number of hydrogen-bond donors (Lipinski definition) is 1. The summed E-state index contributed by atoms with van der Waals surface area (Å²) in [6.45, 7) is 2.82. The van der Waals surface area contributed by atoms with Crippen molar-refractivity contribution in [3.8, 4) is 0 Å². The van der Waals surface area contributed by atoms with Crippen LogP contribution < -0.4 is 5.73 Å². The first-order valence-electron chi connectivity index (χ1n) is 7.38. The van der Waals surface area contributed by atoms with Crippen LogP contribution in [-0.4, -0.2) is 24.5 Å². The Morgan fingerprint density at radius 3 is 2.80 bits per heavy atom. The van der Waals surface area contributed by atoms with Gasteiger partial charge in [-0.05, 0) is 31.9 Å². The molecule has 3 atom stereocenters. The number of halogens is 2. The summed E-state index contributed by atoms with van der Waals surface area (Å²) >= 11 is 0. The van der Waals surface area contributed by atoms with Crippen molar-refractivity contribution >= 4 is 0 Å². The van der Waals surface area contributed by atoms with E-state index in [0.717, 1.165) is 18.4 Å². The summed E-state index contributed by atoms with van der Waals surface area (Å²) in [5, 5.41) is 0. The highest BCUT2D eigenvalue weighted by Gasteiger charge is 2.24. The highest BCUT2D eigenvalue weighted by molar-refractivity contribution is 5.22. The predicted octanol–water partition coefficient (Wildman–Crippen LogP) is 3.48. The average molecular weight is 282 g/mol. The van der Waals surface area contributed by atoms with E-state index in [1.165, 1.54) is 25.3 Å². The fourth-order valence-electron chi connectivity index (χ4n) is 3.17. The monoisotopic (exact) mass is 282 g/mol. The van der Waals surface area contributed by atoms with Gasteiger partial charge in [-0.3, -0.25) is 0 Å². The molecule has 0 saturated heterocycles. The summed E-state index contributed by atoms with van der Waals surface area (Å²) < 4.78 is 27.0. The van der Waals surface area contributed by atoms with E-state index in [-0.39, 0.29) is 5.56 Å². The second-order valence-electron chi connectivity index (χ2n) is 6.11. The maximum Gasteiger partial charge on any atom is 0.163 e. The first kappa shape index (κ1) is 15.4. The number of hydrogen-bond acceptors (Lipinski definition) is 2. The average Bonchev–Trinajstić information content (AvgIpc) is 2.41. The number of likely N-dealkylation sites (N-methyl/N-ethyl adjacent to an activating group) is 1. The minimum atomic E-state index is -0.827. The largest absolute Gasteiger partial charge is 0.323 e. The number of nitrogens with two attached hydrogens (primary N) is 1. The Morgan fingerprint density at radius 1 is 1.35 bits per heavy atom. The molecule has 20 heavy (non-hydrogen) atoms. The highest BCUT2D eigenvalue weighted by Crippen LogP contribution is 2.28. The van der Waals surface area contributed by atoms with E-state index in [9.17, 15) is 8.78 Å². The van der Waals surface area contributed by atoms with Crippen molar-refractivity contribution in [2.45, 2.75) is 44.7 Å². The summed E-state index contributed by atoms with van der Waals surface area (Å²) in [5.74, 6) is -0.907. The minimum Gasteiger partial charge on any atom is -0.323 e. The second-order valence-corrected chi connectivity index (χ2v) is 6.11. The number of nitrogens with zero attached hydrogens (tertiary/aromatic N) is 1. The van der Waals surface area contributed by atoms with Gasteiger partial charge in [-0.15, -0.1) is 0 Å². The molecule has 0 amide bonds. The van der Waals surface area contributed by atoms with Gasteiger partial charge in [-0.1, -0.05) is 31.9 Å². The molecule has 0 aromatic heterocycles. The normalized spacial score (nSPS) is 24.9. The Morgan fingerprint density at radius 2 is 2.10 bits per heavy atom. The Hall–Kier alpha value is -1.00. The van der Waals surface area contributed by atoms with Crippen LogP contribution in [0.5, 0.6) is 0 Å². The SMILES string of the molecule is CC1CCCC(N(C)CC(N)c2cccc(F)c2F)C1. The van der Waals surface area contributed by atoms with E-state index in [0.29, 0.717) is 12.6 Å². The second kappa shape index (κ2) is 6.64. The third-order valence-corrected chi connectivity index (χ3v) is 4.40. The fraction of sp³-hybridized carbons (Fsp3) is 0.625. The van der Waals surface area contributed by atoms with Crippen LogP contribution in [0.3, 0.4) is 0 Å². The zero-order valence-electron chi connectivity index (χ0n) is 12.3. The summed E-state index contributed by atoms with van der Waals surface area (Å²) in [6, 6.07) is 4.21. The summed E-state index contributed by atoms with van der Waals surface area (Å²) in [5.41, 5.74) is 6.32. The van der Waals surface area contributed by atoms with Gasteiger partial charge in [0.25, 0.3) is 0 Å². The van der Waals surface area contributed by atoms with E-state index in [1.807, 2.05) is 7.05 Å². The molecule has 1 aromatic carbocycles. The minimum absolute atomic E-state index is 0.265. The molecule has 0 heterocycles. The standard InChI is InChI=1S/C16H24F2N2/c1-11-5-3-6-12(9-11)20(2)10-15(19)13-7-4-8-14(17)16(13)18/h4,7-8,11-12,15H,3,5-6,9-10,19H2,1-2H3. The lowest BCUT2D eigenvalue weighted by Gasteiger charge is -2.35. The lowest BCUT2D eigenvalue weighted by atomic mass is 9.86. The van der Waals surface area contributed by atoms with Gasteiger partial charge in [0.1, 0.15) is 0 Å². The van der Waals surface area contributed by atoms with E-state index in [1.54, 1.807) is 6.07 Å². The van der Waals surface area contributed by atoms with Crippen LogP contribution in [0.1, 0.15) is 44.2 Å². The maximum atomic E-state index is 13.7. The van der Waals surface area contributed by atoms with Crippen molar-refractivity contribution in [3.63, 3.8) is 0 Å². The van der Waals surface area contributed by atoms with Gasteiger partial charge < -0.3 is 10.6 Å².